The second kappa shape index (κ2) is 7.75. The van der Waals surface area contributed by atoms with Crippen LogP contribution in [-0.2, 0) is 0 Å². The van der Waals surface area contributed by atoms with Crippen LogP contribution >= 0.6 is 0 Å². The number of nitrogens with zero attached hydrogens (tertiary/aromatic N) is 4. The molecule has 1 aliphatic rings. The summed E-state index contributed by atoms with van der Waals surface area (Å²) in [6.45, 7) is 4.04. The first kappa shape index (κ1) is 18.7. The smallest absolute Gasteiger partial charge is 0.258 e. The van der Waals surface area contributed by atoms with Crippen LogP contribution in [0, 0.1) is 6.92 Å². The minimum absolute atomic E-state index is 0.0501. The summed E-state index contributed by atoms with van der Waals surface area (Å²) < 4.78 is 0. The number of benzene rings is 1. The summed E-state index contributed by atoms with van der Waals surface area (Å²) in [4.78, 5) is 33.1. The summed E-state index contributed by atoms with van der Waals surface area (Å²) in [5.41, 5.74) is 8.77. The van der Waals surface area contributed by atoms with Gasteiger partial charge in [0.05, 0.1) is 11.1 Å². The number of aromatic nitrogens is 3. The number of aryl methyl sites for hydroxylation is 1. The molecular formula is C21H22N6O2. The number of carbonyl (C=O) groups is 2. The van der Waals surface area contributed by atoms with E-state index in [0.29, 0.717) is 48.8 Å². The zero-order valence-corrected chi connectivity index (χ0v) is 16.1. The molecule has 3 N–H and O–H groups in total. The van der Waals surface area contributed by atoms with Crippen molar-refractivity contribution in [2.75, 3.05) is 31.1 Å². The quantitative estimate of drug-likeness (QED) is 0.707. The SMILES string of the molecule is Cc1[nH]nc(-c2ccccc2)c1C(=O)N1CCN(c2ncccc2C(N)=O)CC1. The number of anilines is 1. The molecule has 1 saturated heterocycles. The number of H-pyrrole nitrogens is 1. The molecule has 29 heavy (non-hydrogen) atoms. The summed E-state index contributed by atoms with van der Waals surface area (Å²) >= 11 is 0. The first-order valence-corrected chi connectivity index (χ1v) is 9.45. The van der Waals surface area contributed by atoms with Crippen LogP contribution in [-0.4, -0.2) is 58.1 Å². The van der Waals surface area contributed by atoms with E-state index in [0.717, 1.165) is 11.3 Å². The van der Waals surface area contributed by atoms with Gasteiger partial charge in [-0.2, -0.15) is 5.10 Å². The molecule has 0 spiro atoms. The number of hydrogen-bond donors (Lipinski definition) is 2. The van der Waals surface area contributed by atoms with Gasteiger partial charge in [-0.15, -0.1) is 0 Å². The largest absolute Gasteiger partial charge is 0.365 e. The van der Waals surface area contributed by atoms with Crippen molar-refractivity contribution in [2.24, 2.45) is 5.73 Å². The Balaban J connectivity index is 1.53. The fraction of sp³-hybridized carbons (Fsp3) is 0.238. The van der Waals surface area contributed by atoms with Gasteiger partial charge in [-0.05, 0) is 19.1 Å². The number of rotatable bonds is 4. The van der Waals surface area contributed by atoms with Crippen LogP contribution in [0.15, 0.2) is 48.7 Å². The summed E-state index contributed by atoms with van der Waals surface area (Å²) in [6.07, 6.45) is 1.64. The molecule has 148 valence electrons. The molecule has 0 saturated carbocycles. The molecule has 8 heteroatoms. The third-order valence-corrected chi connectivity index (χ3v) is 5.13. The minimum atomic E-state index is -0.506. The van der Waals surface area contributed by atoms with Crippen molar-refractivity contribution in [1.82, 2.24) is 20.1 Å². The Morgan fingerprint density at radius 2 is 1.76 bits per heavy atom. The predicted octanol–water partition coefficient (Wildman–Crippen LogP) is 1.84. The molecule has 8 nitrogen and oxygen atoms in total. The van der Waals surface area contributed by atoms with E-state index in [4.69, 9.17) is 5.73 Å². The number of nitrogens with two attached hydrogens (primary N) is 1. The van der Waals surface area contributed by atoms with E-state index in [1.54, 1.807) is 18.3 Å². The molecule has 1 aromatic carbocycles. The highest BCUT2D eigenvalue weighted by Gasteiger charge is 2.28. The second-order valence-corrected chi connectivity index (χ2v) is 6.96. The molecule has 0 unspecified atom stereocenters. The molecular weight excluding hydrogens is 368 g/mol. The zero-order valence-electron chi connectivity index (χ0n) is 16.1. The number of nitrogens with one attached hydrogen (secondary N) is 1. The van der Waals surface area contributed by atoms with Crippen LogP contribution in [0.5, 0.6) is 0 Å². The van der Waals surface area contributed by atoms with Crippen LogP contribution in [0.4, 0.5) is 5.82 Å². The monoisotopic (exact) mass is 390 g/mol. The highest BCUT2D eigenvalue weighted by atomic mass is 16.2. The normalized spacial score (nSPS) is 14.1. The maximum atomic E-state index is 13.3. The number of primary amides is 1. The molecule has 2 amide bonds. The Labute approximate surface area is 168 Å². The highest BCUT2D eigenvalue weighted by Crippen LogP contribution is 2.26. The Bertz CT molecular complexity index is 1040. The molecule has 3 aromatic rings. The number of amides is 2. The predicted molar refractivity (Wildman–Crippen MR) is 110 cm³/mol. The van der Waals surface area contributed by atoms with Crippen LogP contribution in [0.2, 0.25) is 0 Å². The van der Waals surface area contributed by atoms with Gasteiger partial charge in [0.2, 0.25) is 0 Å². The number of piperazine rings is 1. The van der Waals surface area contributed by atoms with E-state index in [1.165, 1.54) is 0 Å². The van der Waals surface area contributed by atoms with E-state index in [1.807, 2.05) is 47.1 Å². The maximum absolute atomic E-state index is 13.3. The Morgan fingerprint density at radius 1 is 1.03 bits per heavy atom. The van der Waals surface area contributed by atoms with Gasteiger partial charge in [0.1, 0.15) is 11.5 Å². The average Bonchev–Trinajstić information content (AvgIpc) is 3.15. The van der Waals surface area contributed by atoms with Gasteiger partial charge in [0.25, 0.3) is 11.8 Å². The van der Waals surface area contributed by atoms with Crippen LogP contribution < -0.4 is 10.6 Å². The lowest BCUT2D eigenvalue weighted by Gasteiger charge is -2.36. The number of hydrogen-bond acceptors (Lipinski definition) is 5. The standard InChI is InChI=1S/C21H22N6O2/c1-14-17(18(25-24-14)15-6-3-2-4-7-15)21(29)27-12-10-26(11-13-27)20-16(19(22)28)8-5-9-23-20/h2-9H,10-13H2,1H3,(H2,22,28)(H,24,25). The van der Waals surface area contributed by atoms with Crippen LogP contribution in [0.1, 0.15) is 26.4 Å². The van der Waals surface area contributed by atoms with Crippen LogP contribution in [0.3, 0.4) is 0 Å². The van der Waals surface area contributed by atoms with Crippen molar-refractivity contribution in [3.8, 4) is 11.3 Å². The van der Waals surface area contributed by atoms with Crippen molar-refractivity contribution in [2.45, 2.75) is 6.92 Å². The lowest BCUT2D eigenvalue weighted by molar-refractivity contribution is 0.0746. The summed E-state index contributed by atoms with van der Waals surface area (Å²) in [5, 5.41) is 7.29. The van der Waals surface area contributed by atoms with Gasteiger partial charge in [0, 0.05) is 43.6 Å². The van der Waals surface area contributed by atoms with Crippen molar-refractivity contribution in [1.29, 1.82) is 0 Å². The molecule has 0 bridgehead atoms. The fourth-order valence-electron chi connectivity index (χ4n) is 3.62. The van der Waals surface area contributed by atoms with Gasteiger partial charge in [-0.25, -0.2) is 4.98 Å². The van der Waals surface area contributed by atoms with Gasteiger partial charge in [-0.1, -0.05) is 30.3 Å². The number of carbonyl (C=O) groups excluding carboxylic acids is 2. The lowest BCUT2D eigenvalue weighted by atomic mass is 10.0. The maximum Gasteiger partial charge on any atom is 0.258 e. The molecule has 1 aliphatic heterocycles. The molecule has 0 atom stereocenters. The molecule has 3 heterocycles. The van der Waals surface area contributed by atoms with Gasteiger partial charge in [0.15, 0.2) is 0 Å². The number of aromatic amines is 1. The van der Waals surface area contributed by atoms with E-state index in [9.17, 15) is 9.59 Å². The summed E-state index contributed by atoms with van der Waals surface area (Å²) in [5.74, 6) is 0.00981. The van der Waals surface area contributed by atoms with Gasteiger partial charge >= 0.3 is 0 Å². The second-order valence-electron chi connectivity index (χ2n) is 6.96. The molecule has 1 fully saturated rings. The Hall–Kier alpha value is -3.68. The number of pyridine rings is 1. The molecule has 4 rings (SSSR count). The van der Waals surface area contributed by atoms with E-state index < -0.39 is 5.91 Å². The van der Waals surface area contributed by atoms with Crippen molar-refractivity contribution in [3.05, 3.63) is 65.5 Å². The van der Waals surface area contributed by atoms with Crippen molar-refractivity contribution in [3.63, 3.8) is 0 Å². The topological polar surface area (TPSA) is 108 Å². The first-order chi connectivity index (χ1) is 14.1. The molecule has 0 aliphatic carbocycles. The average molecular weight is 390 g/mol. The first-order valence-electron chi connectivity index (χ1n) is 9.45. The molecule has 0 radical (unpaired) electrons. The summed E-state index contributed by atoms with van der Waals surface area (Å²) in [6, 6.07) is 13.0. The van der Waals surface area contributed by atoms with E-state index >= 15 is 0 Å². The van der Waals surface area contributed by atoms with Gasteiger partial charge < -0.3 is 15.5 Å². The Kier molecular flexibility index (Phi) is 4.99. The zero-order chi connectivity index (χ0) is 20.4. The third kappa shape index (κ3) is 3.56. The Morgan fingerprint density at radius 3 is 2.45 bits per heavy atom. The highest BCUT2D eigenvalue weighted by molar-refractivity contribution is 6.01. The fourth-order valence-corrected chi connectivity index (χ4v) is 3.62. The van der Waals surface area contributed by atoms with Gasteiger partial charge in [-0.3, -0.25) is 14.7 Å². The summed E-state index contributed by atoms with van der Waals surface area (Å²) in [7, 11) is 0. The molecule has 2 aromatic heterocycles. The van der Waals surface area contributed by atoms with Crippen LogP contribution in [0.25, 0.3) is 11.3 Å². The van der Waals surface area contributed by atoms with Crippen molar-refractivity contribution >= 4 is 17.6 Å². The van der Waals surface area contributed by atoms with Crippen molar-refractivity contribution < 1.29 is 9.59 Å². The van der Waals surface area contributed by atoms with E-state index in [2.05, 4.69) is 15.2 Å². The lowest BCUT2D eigenvalue weighted by Crippen LogP contribution is -2.49. The third-order valence-electron chi connectivity index (χ3n) is 5.13. The van der Waals surface area contributed by atoms with E-state index in [-0.39, 0.29) is 5.91 Å². The minimum Gasteiger partial charge on any atom is -0.365 e.